The molecule has 1 fully saturated rings. The largest absolute Gasteiger partial charge is 0.497 e. The van der Waals surface area contributed by atoms with Crippen molar-refractivity contribution in [3.05, 3.63) is 47.9 Å². The number of carbonyl (C=O) groups excluding carboxylic acids is 1. The molecule has 0 aliphatic carbocycles. The third kappa shape index (κ3) is 5.03. The minimum atomic E-state index is -0.976. The quantitative estimate of drug-likeness (QED) is 0.570. The number of hydrogen-bond acceptors (Lipinski definition) is 6. The van der Waals surface area contributed by atoms with Crippen LogP contribution in [0, 0.1) is 5.82 Å². The number of piperazine rings is 1. The molecule has 1 saturated heterocycles. The van der Waals surface area contributed by atoms with Crippen LogP contribution in [0.5, 0.6) is 5.75 Å². The summed E-state index contributed by atoms with van der Waals surface area (Å²) in [6, 6.07) is 9.28. The van der Waals surface area contributed by atoms with Crippen molar-refractivity contribution in [1.29, 1.82) is 0 Å². The second-order valence-electron chi connectivity index (χ2n) is 6.37. The van der Waals surface area contributed by atoms with Gasteiger partial charge in [-0.05, 0) is 30.3 Å². The number of aromatic nitrogens is 1. The van der Waals surface area contributed by atoms with Gasteiger partial charge in [-0.3, -0.25) is 0 Å². The molecule has 10 heteroatoms. The van der Waals surface area contributed by atoms with E-state index in [2.05, 4.69) is 14.9 Å². The zero-order valence-electron chi connectivity index (χ0n) is 16.0. The van der Waals surface area contributed by atoms with E-state index in [9.17, 15) is 9.18 Å². The number of anilines is 2. The number of nitrogens with two attached hydrogens (primary N) is 2. The van der Waals surface area contributed by atoms with Gasteiger partial charge in [-0.2, -0.15) is 0 Å². The van der Waals surface area contributed by atoms with Gasteiger partial charge in [-0.1, -0.05) is 0 Å². The van der Waals surface area contributed by atoms with Gasteiger partial charge >= 0.3 is 6.09 Å². The van der Waals surface area contributed by atoms with Gasteiger partial charge in [0.1, 0.15) is 12.4 Å². The lowest BCUT2D eigenvalue weighted by atomic mass is 10.2. The van der Waals surface area contributed by atoms with Crippen molar-refractivity contribution >= 4 is 23.6 Å². The topological polar surface area (TPSA) is 119 Å². The molecule has 0 saturated carbocycles. The Morgan fingerprint density at radius 2 is 1.79 bits per heavy atom. The Kier molecular flexibility index (Phi) is 6.32. The number of ether oxygens (including phenoxy) is 2. The second-order valence-corrected chi connectivity index (χ2v) is 6.37. The van der Waals surface area contributed by atoms with E-state index in [0.717, 1.165) is 24.5 Å². The number of pyridine rings is 1. The average molecular weight is 402 g/mol. The third-order valence-electron chi connectivity index (χ3n) is 4.54. The van der Waals surface area contributed by atoms with E-state index in [-0.39, 0.29) is 18.0 Å². The normalized spacial score (nSPS) is 13.7. The van der Waals surface area contributed by atoms with Gasteiger partial charge in [0, 0.05) is 43.6 Å². The Balaban J connectivity index is 1.63. The molecule has 4 N–H and O–H groups in total. The van der Waals surface area contributed by atoms with Crippen LogP contribution in [0.4, 0.5) is 20.7 Å². The molecule has 0 unspecified atom stereocenters. The summed E-state index contributed by atoms with van der Waals surface area (Å²) < 4.78 is 24.9. The zero-order chi connectivity index (χ0) is 20.8. The van der Waals surface area contributed by atoms with Gasteiger partial charge in [0.05, 0.1) is 7.11 Å². The fraction of sp³-hybridized carbons (Fsp3) is 0.316. The molecular weight excluding hydrogens is 379 g/mol. The molecule has 0 atom stereocenters. The molecule has 1 aliphatic heterocycles. The first-order valence-corrected chi connectivity index (χ1v) is 9.01. The maximum absolute atomic E-state index is 14.9. The Morgan fingerprint density at radius 1 is 1.14 bits per heavy atom. The van der Waals surface area contributed by atoms with Crippen LogP contribution in [0.1, 0.15) is 5.56 Å². The number of guanidine groups is 1. The monoisotopic (exact) mass is 402 g/mol. The van der Waals surface area contributed by atoms with E-state index in [4.69, 9.17) is 20.9 Å². The number of nitrogens with zero attached hydrogens (tertiary/aromatic N) is 4. The van der Waals surface area contributed by atoms with Gasteiger partial charge in [-0.25, -0.2) is 14.2 Å². The van der Waals surface area contributed by atoms with Crippen molar-refractivity contribution in [2.45, 2.75) is 6.61 Å². The molecule has 0 spiro atoms. The smallest absolute Gasteiger partial charge is 0.437 e. The molecule has 0 radical (unpaired) electrons. The van der Waals surface area contributed by atoms with E-state index in [0.29, 0.717) is 13.1 Å². The van der Waals surface area contributed by atoms with Gasteiger partial charge in [0.25, 0.3) is 0 Å². The van der Waals surface area contributed by atoms with Crippen LogP contribution >= 0.6 is 0 Å². The summed E-state index contributed by atoms with van der Waals surface area (Å²) in [4.78, 5) is 22.9. The van der Waals surface area contributed by atoms with Crippen LogP contribution in [-0.2, 0) is 11.3 Å². The molecule has 3 rings (SSSR count). The molecule has 1 aromatic carbocycles. The highest BCUT2D eigenvalue weighted by Gasteiger charge is 2.22. The van der Waals surface area contributed by atoms with Crippen LogP contribution in [-0.4, -0.2) is 50.3 Å². The Labute approximate surface area is 167 Å². The number of rotatable bonds is 5. The van der Waals surface area contributed by atoms with E-state index in [1.165, 1.54) is 12.3 Å². The molecule has 1 amide bonds. The van der Waals surface area contributed by atoms with Crippen LogP contribution in [0.3, 0.4) is 0 Å². The number of amides is 1. The molecule has 0 bridgehead atoms. The average Bonchev–Trinajstić information content (AvgIpc) is 2.73. The second kappa shape index (κ2) is 9.09. The summed E-state index contributed by atoms with van der Waals surface area (Å²) in [5.41, 5.74) is 11.5. The Morgan fingerprint density at radius 3 is 2.41 bits per heavy atom. The van der Waals surface area contributed by atoms with Gasteiger partial charge in [0.15, 0.2) is 17.6 Å². The van der Waals surface area contributed by atoms with Crippen LogP contribution < -0.4 is 26.0 Å². The highest BCUT2D eigenvalue weighted by atomic mass is 19.1. The molecule has 1 aromatic heterocycles. The highest BCUT2D eigenvalue weighted by Crippen LogP contribution is 2.24. The Hall–Kier alpha value is -3.56. The first-order valence-electron chi connectivity index (χ1n) is 9.01. The van der Waals surface area contributed by atoms with E-state index < -0.39 is 17.9 Å². The first kappa shape index (κ1) is 20.2. The maximum Gasteiger partial charge on any atom is 0.437 e. The molecule has 154 valence electrons. The highest BCUT2D eigenvalue weighted by molar-refractivity contribution is 5.87. The predicted octanol–water partition coefficient (Wildman–Crippen LogP) is 1.47. The first-order chi connectivity index (χ1) is 14.0. The number of hydrogen-bond donors (Lipinski definition) is 2. The number of methoxy groups -OCH3 is 1. The molecular formula is C19H23FN6O3. The molecule has 29 heavy (non-hydrogen) atoms. The predicted molar refractivity (Wildman–Crippen MR) is 108 cm³/mol. The minimum Gasteiger partial charge on any atom is -0.497 e. The summed E-state index contributed by atoms with van der Waals surface area (Å²) >= 11 is 0. The number of halogens is 1. The van der Waals surface area contributed by atoms with Crippen LogP contribution in [0.2, 0.25) is 0 Å². The van der Waals surface area contributed by atoms with Crippen LogP contribution in [0.25, 0.3) is 0 Å². The standard InChI is InChI=1S/C19H23FN6O3/c1-28-15-4-2-14(3-5-15)25-8-10-26(11-9-25)17-16(20)13(6-7-23-17)12-29-19(27)24-18(21)22/h2-7H,8-12H2,1H3,(H4,21,22,24,27). The number of carbonyl (C=O) groups is 1. The number of benzene rings is 1. The lowest BCUT2D eigenvalue weighted by Gasteiger charge is -2.37. The third-order valence-corrected chi connectivity index (χ3v) is 4.54. The summed E-state index contributed by atoms with van der Waals surface area (Å²) in [5, 5.41) is 0. The molecule has 1 aliphatic rings. The number of aliphatic imine (C=N–C) groups is 1. The zero-order valence-corrected chi connectivity index (χ0v) is 16.0. The fourth-order valence-electron chi connectivity index (χ4n) is 3.05. The van der Waals surface area contributed by atoms with Gasteiger partial charge in [-0.15, -0.1) is 4.99 Å². The van der Waals surface area contributed by atoms with E-state index in [1.807, 2.05) is 29.2 Å². The molecule has 2 aromatic rings. The van der Waals surface area contributed by atoms with E-state index in [1.54, 1.807) is 7.11 Å². The fourth-order valence-corrected chi connectivity index (χ4v) is 3.05. The molecule has 2 heterocycles. The van der Waals surface area contributed by atoms with Crippen molar-refractivity contribution in [2.75, 3.05) is 43.1 Å². The van der Waals surface area contributed by atoms with Gasteiger partial charge < -0.3 is 30.7 Å². The SMILES string of the molecule is COc1ccc(N2CCN(c3nccc(COC(=O)N=C(N)N)c3F)CC2)cc1. The minimum absolute atomic E-state index is 0.201. The van der Waals surface area contributed by atoms with Gasteiger partial charge in [0.2, 0.25) is 0 Å². The lowest BCUT2D eigenvalue weighted by Crippen LogP contribution is -2.47. The lowest BCUT2D eigenvalue weighted by molar-refractivity contribution is 0.149. The summed E-state index contributed by atoms with van der Waals surface area (Å²) in [6.45, 7) is 2.36. The van der Waals surface area contributed by atoms with Crippen molar-refractivity contribution in [1.82, 2.24) is 4.98 Å². The van der Waals surface area contributed by atoms with E-state index >= 15 is 0 Å². The maximum atomic E-state index is 14.9. The van der Waals surface area contributed by atoms with Crippen molar-refractivity contribution in [3.8, 4) is 5.75 Å². The molecule has 9 nitrogen and oxygen atoms in total. The van der Waals surface area contributed by atoms with Crippen molar-refractivity contribution < 1.29 is 18.7 Å². The summed E-state index contributed by atoms with van der Waals surface area (Å²) in [7, 11) is 1.63. The van der Waals surface area contributed by atoms with Crippen LogP contribution in [0.15, 0.2) is 41.5 Å². The summed E-state index contributed by atoms with van der Waals surface area (Å²) in [5.74, 6) is 0.0919. The Bertz CT molecular complexity index is 878. The van der Waals surface area contributed by atoms with Crippen molar-refractivity contribution in [2.24, 2.45) is 16.5 Å². The summed E-state index contributed by atoms with van der Waals surface area (Å²) in [6.07, 6.45) is 0.508. The van der Waals surface area contributed by atoms with Crippen molar-refractivity contribution in [3.63, 3.8) is 0 Å².